The van der Waals surface area contributed by atoms with Gasteiger partial charge in [-0.25, -0.2) is 8.42 Å². The molecule has 0 saturated carbocycles. The zero-order chi connectivity index (χ0) is 25.0. The molecule has 7 nitrogen and oxygen atoms in total. The number of anilines is 2. The molecule has 0 aromatic heterocycles. The Morgan fingerprint density at radius 1 is 0.853 bits per heavy atom. The van der Waals surface area contributed by atoms with Crippen LogP contribution in [0.2, 0.25) is 0 Å². The summed E-state index contributed by atoms with van der Waals surface area (Å²) in [4.78, 5) is 26.5. The fourth-order valence-corrected chi connectivity index (χ4v) is 4.43. The summed E-state index contributed by atoms with van der Waals surface area (Å²) in [5, 5.41) is 2.83. The molecule has 0 aliphatic rings. The third kappa shape index (κ3) is 5.82. The lowest BCUT2D eigenvalue weighted by Gasteiger charge is -2.18. The van der Waals surface area contributed by atoms with Crippen molar-refractivity contribution in [3.05, 3.63) is 88.5 Å². The molecule has 0 spiro atoms. The monoisotopic (exact) mass is 479 g/mol. The molecular weight excluding hydrogens is 450 g/mol. The van der Waals surface area contributed by atoms with Gasteiger partial charge in [-0.1, -0.05) is 18.2 Å². The van der Waals surface area contributed by atoms with Crippen LogP contribution in [-0.4, -0.2) is 38.7 Å². The number of carbonyl (C=O) groups is 2. The van der Waals surface area contributed by atoms with Gasteiger partial charge >= 0.3 is 0 Å². The number of likely N-dealkylation sites (N-methyl/N-ethyl adjacent to an activating group) is 1. The summed E-state index contributed by atoms with van der Waals surface area (Å²) < 4.78 is 28.0. The van der Waals surface area contributed by atoms with Crippen molar-refractivity contribution in [2.24, 2.45) is 0 Å². The zero-order valence-corrected chi connectivity index (χ0v) is 20.8. The van der Waals surface area contributed by atoms with Gasteiger partial charge in [0.1, 0.15) is 0 Å². The predicted octanol–water partition coefficient (Wildman–Crippen LogP) is 4.43. The number of nitrogens with one attached hydrogen (secondary N) is 2. The van der Waals surface area contributed by atoms with Crippen molar-refractivity contribution in [2.75, 3.05) is 23.6 Å². The average Bonchev–Trinajstić information content (AvgIpc) is 2.78. The molecule has 3 aromatic rings. The molecule has 0 radical (unpaired) electrons. The molecule has 0 saturated heterocycles. The molecule has 0 fully saturated rings. The fourth-order valence-electron chi connectivity index (χ4n) is 3.38. The molecule has 0 aliphatic carbocycles. The summed E-state index contributed by atoms with van der Waals surface area (Å²) in [7, 11) is -2.28. The van der Waals surface area contributed by atoms with Crippen LogP contribution in [0, 0.1) is 27.7 Å². The lowest BCUT2D eigenvalue weighted by Crippen LogP contribution is -2.35. The van der Waals surface area contributed by atoms with E-state index >= 15 is 0 Å². The molecule has 0 heterocycles. The minimum atomic E-state index is -3.81. The summed E-state index contributed by atoms with van der Waals surface area (Å²) in [6, 6.07) is 16.6. The van der Waals surface area contributed by atoms with E-state index in [1.807, 2.05) is 52.0 Å². The number of nitrogens with zero attached hydrogens (tertiary/aromatic N) is 1. The lowest BCUT2D eigenvalue weighted by atomic mass is 10.1. The van der Waals surface area contributed by atoms with Gasteiger partial charge in [0, 0.05) is 24.0 Å². The third-order valence-corrected chi connectivity index (χ3v) is 7.17. The van der Waals surface area contributed by atoms with Crippen molar-refractivity contribution in [1.29, 1.82) is 0 Å². The van der Waals surface area contributed by atoms with Crippen LogP contribution in [0.5, 0.6) is 0 Å². The van der Waals surface area contributed by atoms with E-state index in [0.717, 1.165) is 22.3 Å². The second-order valence-corrected chi connectivity index (χ2v) is 10.1. The molecular formula is C26H29N3O4S. The fraction of sp³-hybridized carbons (Fsp3) is 0.231. The Labute approximate surface area is 200 Å². The van der Waals surface area contributed by atoms with E-state index < -0.39 is 10.0 Å². The van der Waals surface area contributed by atoms with Crippen molar-refractivity contribution in [2.45, 2.75) is 32.6 Å². The van der Waals surface area contributed by atoms with Crippen molar-refractivity contribution >= 4 is 33.2 Å². The number of carbonyl (C=O) groups excluding carboxylic acids is 2. The number of rotatable bonds is 7. The highest BCUT2D eigenvalue weighted by Gasteiger charge is 2.19. The summed E-state index contributed by atoms with van der Waals surface area (Å²) in [6.45, 7) is 7.60. The number of hydrogen-bond acceptors (Lipinski definition) is 4. The van der Waals surface area contributed by atoms with E-state index in [4.69, 9.17) is 0 Å². The minimum Gasteiger partial charge on any atom is -0.332 e. The summed E-state index contributed by atoms with van der Waals surface area (Å²) in [5.41, 5.74) is 5.53. The van der Waals surface area contributed by atoms with Gasteiger partial charge in [0.05, 0.1) is 11.4 Å². The Kier molecular flexibility index (Phi) is 7.41. The van der Waals surface area contributed by atoms with E-state index in [1.54, 1.807) is 12.1 Å². The first-order valence-electron chi connectivity index (χ1n) is 10.8. The molecule has 178 valence electrons. The topological polar surface area (TPSA) is 95.6 Å². The first-order valence-corrected chi connectivity index (χ1v) is 12.3. The van der Waals surface area contributed by atoms with Crippen LogP contribution in [-0.2, 0) is 14.8 Å². The van der Waals surface area contributed by atoms with Gasteiger partial charge in [-0.3, -0.25) is 14.3 Å². The molecule has 0 aliphatic heterocycles. The standard InChI is InChI=1S/C26H29N3O4S/c1-17-9-12-22(15-19(17)3)28-34(32,33)23-13-10-21(11-14-23)26(31)29(5)16-25(30)27-24-8-6-7-18(2)20(24)4/h6-15,28H,16H2,1-5H3,(H,27,30). The van der Waals surface area contributed by atoms with E-state index in [1.165, 1.54) is 36.2 Å². The van der Waals surface area contributed by atoms with Crippen LogP contribution in [0.15, 0.2) is 65.6 Å². The Balaban J connectivity index is 1.66. The molecule has 3 aromatic carbocycles. The number of hydrogen-bond donors (Lipinski definition) is 2. The molecule has 0 atom stereocenters. The quantitative estimate of drug-likeness (QED) is 0.524. The van der Waals surface area contributed by atoms with Crippen LogP contribution in [0.25, 0.3) is 0 Å². The highest BCUT2D eigenvalue weighted by molar-refractivity contribution is 7.92. The number of amides is 2. The summed E-state index contributed by atoms with van der Waals surface area (Å²) >= 11 is 0. The molecule has 0 bridgehead atoms. The van der Waals surface area contributed by atoms with Gasteiger partial charge in [0.2, 0.25) is 5.91 Å². The van der Waals surface area contributed by atoms with Crippen molar-refractivity contribution in [3.8, 4) is 0 Å². The van der Waals surface area contributed by atoms with Gasteiger partial charge < -0.3 is 10.2 Å². The van der Waals surface area contributed by atoms with Crippen LogP contribution in [0.3, 0.4) is 0 Å². The first-order chi connectivity index (χ1) is 16.0. The smallest absolute Gasteiger partial charge is 0.261 e. The van der Waals surface area contributed by atoms with Gasteiger partial charge in [0.15, 0.2) is 0 Å². The highest BCUT2D eigenvalue weighted by atomic mass is 32.2. The minimum absolute atomic E-state index is 0.0394. The Hall–Kier alpha value is -3.65. The third-order valence-electron chi connectivity index (χ3n) is 5.78. The normalized spacial score (nSPS) is 11.1. The van der Waals surface area contributed by atoms with Gasteiger partial charge in [-0.2, -0.15) is 0 Å². The van der Waals surface area contributed by atoms with E-state index in [9.17, 15) is 18.0 Å². The summed E-state index contributed by atoms with van der Waals surface area (Å²) in [6.07, 6.45) is 0. The zero-order valence-electron chi connectivity index (χ0n) is 20.0. The SMILES string of the molecule is Cc1ccc(NS(=O)(=O)c2ccc(C(=O)N(C)CC(=O)Nc3cccc(C)c3C)cc2)cc1C. The maximum absolute atomic E-state index is 12.8. The summed E-state index contributed by atoms with van der Waals surface area (Å²) in [5.74, 6) is -0.705. The molecule has 3 rings (SSSR count). The molecule has 0 unspecified atom stereocenters. The molecule has 8 heteroatoms. The molecule has 2 amide bonds. The van der Waals surface area contributed by atoms with E-state index in [0.29, 0.717) is 11.4 Å². The van der Waals surface area contributed by atoms with Crippen molar-refractivity contribution < 1.29 is 18.0 Å². The first kappa shape index (κ1) is 25.0. The number of sulfonamides is 1. The lowest BCUT2D eigenvalue weighted by molar-refractivity contribution is -0.116. The predicted molar refractivity (Wildman–Crippen MR) is 135 cm³/mol. The Bertz CT molecular complexity index is 1330. The highest BCUT2D eigenvalue weighted by Crippen LogP contribution is 2.20. The molecule has 34 heavy (non-hydrogen) atoms. The average molecular weight is 480 g/mol. The number of benzene rings is 3. The largest absolute Gasteiger partial charge is 0.332 e. The van der Waals surface area contributed by atoms with Gasteiger partial charge in [-0.05, 0) is 92.4 Å². The molecule has 2 N–H and O–H groups in total. The van der Waals surface area contributed by atoms with Crippen LogP contribution >= 0.6 is 0 Å². The van der Waals surface area contributed by atoms with Crippen molar-refractivity contribution in [3.63, 3.8) is 0 Å². The maximum atomic E-state index is 12.8. The maximum Gasteiger partial charge on any atom is 0.261 e. The van der Waals surface area contributed by atoms with Crippen LogP contribution < -0.4 is 10.0 Å². The second kappa shape index (κ2) is 10.1. The van der Waals surface area contributed by atoms with Crippen LogP contribution in [0.1, 0.15) is 32.6 Å². The van der Waals surface area contributed by atoms with Crippen molar-refractivity contribution in [1.82, 2.24) is 4.90 Å². The second-order valence-electron chi connectivity index (χ2n) is 8.39. The Morgan fingerprint density at radius 3 is 2.18 bits per heavy atom. The number of aryl methyl sites for hydroxylation is 3. The van der Waals surface area contributed by atoms with E-state index in [2.05, 4.69) is 10.0 Å². The van der Waals surface area contributed by atoms with Gasteiger partial charge in [-0.15, -0.1) is 0 Å². The van der Waals surface area contributed by atoms with Crippen LogP contribution in [0.4, 0.5) is 11.4 Å². The Morgan fingerprint density at radius 2 is 1.53 bits per heavy atom. The van der Waals surface area contributed by atoms with E-state index in [-0.39, 0.29) is 28.8 Å². The van der Waals surface area contributed by atoms with Gasteiger partial charge in [0.25, 0.3) is 15.9 Å².